The molecule has 0 aliphatic heterocycles. The largest absolute Gasteiger partial charge is 0.388 e. The van der Waals surface area contributed by atoms with Crippen LogP contribution < -0.4 is 0 Å². The summed E-state index contributed by atoms with van der Waals surface area (Å²) in [6.07, 6.45) is 4.85. The van der Waals surface area contributed by atoms with E-state index in [1.807, 2.05) is 17.8 Å². The van der Waals surface area contributed by atoms with E-state index in [4.69, 9.17) is 0 Å². The molecule has 0 saturated heterocycles. The average molecular weight is 252 g/mol. The molecular weight excluding hydrogens is 228 g/mol. The van der Waals surface area contributed by atoms with Crippen LogP contribution in [0.5, 0.6) is 0 Å². The van der Waals surface area contributed by atoms with Crippen LogP contribution in [-0.4, -0.2) is 17.1 Å². The van der Waals surface area contributed by atoms with Gasteiger partial charge in [-0.3, -0.25) is 0 Å². The fourth-order valence-electron chi connectivity index (χ4n) is 1.99. The van der Waals surface area contributed by atoms with Gasteiger partial charge in [0.1, 0.15) is 0 Å². The van der Waals surface area contributed by atoms with Crippen molar-refractivity contribution in [2.45, 2.75) is 39.2 Å². The molecule has 1 rings (SSSR count). The highest BCUT2D eigenvalue weighted by Crippen LogP contribution is 2.21. The summed E-state index contributed by atoms with van der Waals surface area (Å²) in [5, 5.41) is 10.1. The van der Waals surface area contributed by atoms with Crippen molar-refractivity contribution in [3.8, 4) is 0 Å². The van der Waals surface area contributed by atoms with Crippen LogP contribution in [0.15, 0.2) is 24.3 Å². The van der Waals surface area contributed by atoms with E-state index in [1.165, 1.54) is 5.56 Å². The molecule has 1 atom stereocenters. The van der Waals surface area contributed by atoms with Gasteiger partial charge in [0.25, 0.3) is 0 Å². The van der Waals surface area contributed by atoms with Crippen molar-refractivity contribution < 1.29 is 5.11 Å². The zero-order valence-corrected chi connectivity index (χ0v) is 12.0. The highest BCUT2D eigenvalue weighted by atomic mass is 32.2. The molecule has 0 radical (unpaired) electrons. The molecule has 96 valence electrons. The Morgan fingerprint density at radius 1 is 1.29 bits per heavy atom. The summed E-state index contributed by atoms with van der Waals surface area (Å²) >= 11 is 1.84. The van der Waals surface area contributed by atoms with E-state index in [0.717, 1.165) is 30.6 Å². The first-order valence-electron chi connectivity index (χ1n) is 6.39. The van der Waals surface area contributed by atoms with Gasteiger partial charge in [-0.25, -0.2) is 0 Å². The normalized spacial score (nSPS) is 13.0. The molecule has 0 spiro atoms. The van der Waals surface area contributed by atoms with E-state index in [9.17, 15) is 5.11 Å². The van der Waals surface area contributed by atoms with Crippen LogP contribution in [0.2, 0.25) is 0 Å². The van der Waals surface area contributed by atoms with E-state index in [2.05, 4.69) is 38.3 Å². The van der Waals surface area contributed by atoms with Crippen molar-refractivity contribution in [1.29, 1.82) is 0 Å². The van der Waals surface area contributed by atoms with E-state index < -0.39 is 0 Å². The van der Waals surface area contributed by atoms with Gasteiger partial charge < -0.3 is 5.11 Å². The molecule has 17 heavy (non-hydrogen) atoms. The maximum Gasteiger partial charge on any atom is 0.0790 e. The third-order valence-electron chi connectivity index (χ3n) is 2.81. The fourth-order valence-corrected chi connectivity index (χ4v) is 2.44. The molecule has 0 aromatic heterocycles. The van der Waals surface area contributed by atoms with Crippen LogP contribution in [-0.2, 0) is 6.42 Å². The minimum absolute atomic E-state index is 0.297. The molecular formula is C15H24OS. The second-order valence-corrected chi connectivity index (χ2v) is 5.98. The number of thioether (sulfide) groups is 1. The predicted octanol–water partition coefficient (Wildman–Crippen LogP) is 4.06. The number of aliphatic hydroxyl groups excluding tert-OH is 1. The summed E-state index contributed by atoms with van der Waals surface area (Å²) < 4.78 is 0. The average Bonchev–Trinajstić information content (AvgIpc) is 2.28. The van der Waals surface area contributed by atoms with Gasteiger partial charge in [0.05, 0.1) is 6.10 Å². The second-order valence-electron chi connectivity index (χ2n) is 4.99. The standard InChI is InChI=1S/C15H24OS/c1-12(2)10-13-6-4-7-14(11-13)15(16)8-5-9-17-3/h4,6-7,11-12,15-16H,5,8-10H2,1-3H3. The molecule has 0 heterocycles. The highest BCUT2D eigenvalue weighted by molar-refractivity contribution is 7.98. The lowest BCUT2D eigenvalue weighted by Crippen LogP contribution is -2.00. The van der Waals surface area contributed by atoms with Gasteiger partial charge in [0.15, 0.2) is 0 Å². The van der Waals surface area contributed by atoms with Crippen molar-refractivity contribution in [2.24, 2.45) is 5.92 Å². The molecule has 2 heteroatoms. The Morgan fingerprint density at radius 2 is 2.06 bits per heavy atom. The predicted molar refractivity (Wildman–Crippen MR) is 77.6 cm³/mol. The summed E-state index contributed by atoms with van der Waals surface area (Å²) in [4.78, 5) is 0. The lowest BCUT2D eigenvalue weighted by atomic mass is 9.98. The van der Waals surface area contributed by atoms with Gasteiger partial charge in [0.2, 0.25) is 0 Å². The van der Waals surface area contributed by atoms with E-state index in [1.54, 1.807) is 0 Å². The Morgan fingerprint density at radius 3 is 2.71 bits per heavy atom. The first kappa shape index (κ1) is 14.6. The van der Waals surface area contributed by atoms with E-state index in [-0.39, 0.29) is 6.10 Å². The zero-order valence-electron chi connectivity index (χ0n) is 11.1. The first-order chi connectivity index (χ1) is 8.13. The molecule has 0 saturated carbocycles. The fraction of sp³-hybridized carbons (Fsp3) is 0.600. The maximum atomic E-state index is 10.1. The SMILES string of the molecule is CSCCCC(O)c1cccc(CC(C)C)c1. The third-order valence-corrected chi connectivity index (χ3v) is 3.50. The molecule has 1 aromatic carbocycles. The molecule has 0 fully saturated rings. The Kier molecular flexibility index (Phi) is 6.68. The van der Waals surface area contributed by atoms with Crippen molar-refractivity contribution in [3.63, 3.8) is 0 Å². The van der Waals surface area contributed by atoms with Crippen molar-refractivity contribution >= 4 is 11.8 Å². The molecule has 0 aliphatic carbocycles. The van der Waals surface area contributed by atoms with Crippen LogP contribution in [0.1, 0.15) is 43.9 Å². The number of aliphatic hydroxyl groups is 1. The summed E-state index contributed by atoms with van der Waals surface area (Å²) in [6.45, 7) is 4.45. The summed E-state index contributed by atoms with van der Waals surface area (Å²) in [7, 11) is 0. The maximum absolute atomic E-state index is 10.1. The van der Waals surface area contributed by atoms with Gasteiger partial charge in [-0.1, -0.05) is 38.1 Å². The topological polar surface area (TPSA) is 20.2 Å². The summed E-state index contributed by atoms with van der Waals surface area (Å²) in [6, 6.07) is 8.40. The summed E-state index contributed by atoms with van der Waals surface area (Å²) in [5.74, 6) is 1.79. The van der Waals surface area contributed by atoms with Crippen LogP contribution in [0.25, 0.3) is 0 Å². The van der Waals surface area contributed by atoms with E-state index in [0.29, 0.717) is 5.92 Å². The zero-order chi connectivity index (χ0) is 12.7. The molecule has 1 N–H and O–H groups in total. The van der Waals surface area contributed by atoms with Gasteiger partial charge in [-0.2, -0.15) is 11.8 Å². The van der Waals surface area contributed by atoms with Gasteiger partial charge in [-0.05, 0) is 48.3 Å². The Balaban J connectivity index is 2.57. The Labute approximate surface area is 110 Å². The monoisotopic (exact) mass is 252 g/mol. The first-order valence-corrected chi connectivity index (χ1v) is 7.78. The molecule has 1 aromatic rings. The van der Waals surface area contributed by atoms with Crippen molar-refractivity contribution in [2.75, 3.05) is 12.0 Å². The van der Waals surface area contributed by atoms with E-state index >= 15 is 0 Å². The van der Waals surface area contributed by atoms with Gasteiger partial charge >= 0.3 is 0 Å². The lowest BCUT2D eigenvalue weighted by Gasteiger charge is -2.13. The Bertz CT molecular complexity index is 322. The van der Waals surface area contributed by atoms with Crippen molar-refractivity contribution in [1.82, 2.24) is 0 Å². The van der Waals surface area contributed by atoms with Gasteiger partial charge in [-0.15, -0.1) is 0 Å². The summed E-state index contributed by atoms with van der Waals surface area (Å²) in [5.41, 5.74) is 2.41. The van der Waals surface area contributed by atoms with Gasteiger partial charge in [0, 0.05) is 0 Å². The molecule has 1 nitrogen and oxygen atoms in total. The van der Waals surface area contributed by atoms with Crippen molar-refractivity contribution in [3.05, 3.63) is 35.4 Å². The van der Waals surface area contributed by atoms with Crippen LogP contribution in [0.4, 0.5) is 0 Å². The minimum atomic E-state index is -0.297. The van der Waals surface area contributed by atoms with Crippen LogP contribution in [0.3, 0.4) is 0 Å². The smallest absolute Gasteiger partial charge is 0.0790 e. The highest BCUT2D eigenvalue weighted by Gasteiger charge is 2.08. The molecule has 0 aliphatic rings. The molecule has 1 unspecified atom stereocenters. The minimum Gasteiger partial charge on any atom is -0.388 e. The number of hydrogen-bond acceptors (Lipinski definition) is 2. The number of hydrogen-bond donors (Lipinski definition) is 1. The Hall–Kier alpha value is -0.470. The van der Waals surface area contributed by atoms with Crippen LogP contribution >= 0.6 is 11.8 Å². The lowest BCUT2D eigenvalue weighted by molar-refractivity contribution is 0.167. The molecule has 0 amide bonds. The quantitative estimate of drug-likeness (QED) is 0.738. The molecule has 0 bridgehead atoms. The number of rotatable bonds is 7. The number of benzene rings is 1. The third kappa shape index (κ3) is 5.60. The van der Waals surface area contributed by atoms with Crippen LogP contribution in [0, 0.1) is 5.92 Å². The second kappa shape index (κ2) is 7.78.